The molecule has 3 aromatic rings. The van der Waals surface area contributed by atoms with Crippen molar-refractivity contribution in [2.24, 2.45) is 0 Å². The van der Waals surface area contributed by atoms with Crippen LogP contribution in [0, 0.1) is 0 Å². The van der Waals surface area contributed by atoms with Gasteiger partial charge in [-0.1, -0.05) is 29.3 Å². The minimum absolute atomic E-state index is 0.211. The minimum Gasteiger partial charge on any atom is -0.443 e. The summed E-state index contributed by atoms with van der Waals surface area (Å²) in [6.45, 7) is 14.2. The van der Waals surface area contributed by atoms with Crippen LogP contribution in [-0.4, -0.2) is 55.1 Å². The number of aliphatic hydroxyl groups is 1. The molecular weight excluding hydrogens is 637 g/mol. The van der Waals surface area contributed by atoms with E-state index < -0.39 is 35.1 Å². The zero-order valence-electron chi connectivity index (χ0n) is 27.3. The van der Waals surface area contributed by atoms with Crippen LogP contribution < -0.4 is 9.80 Å². The van der Waals surface area contributed by atoms with Gasteiger partial charge in [-0.15, -0.1) is 0 Å². The van der Waals surface area contributed by atoms with Crippen LogP contribution in [0.3, 0.4) is 0 Å². The number of hydrogen-bond donors (Lipinski definition) is 1. The smallest absolute Gasteiger partial charge is 0.425 e. The molecule has 0 spiro atoms. The van der Waals surface area contributed by atoms with Crippen molar-refractivity contribution in [3.05, 3.63) is 64.0 Å². The third kappa shape index (κ3) is 10.0. The maximum Gasteiger partial charge on any atom is 0.425 e. The lowest BCUT2D eigenvalue weighted by atomic mass is 10.2. The number of amides is 3. The molecule has 0 radical (unpaired) electrons. The minimum atomic E-state index is -1.13. The number of hydrogen-bond acceptors (Lipinski definition) is 10. The Balaban J connectivity index is 2.38. The van der Waals surface area contributed by atoms with Gasteiger partial charge < -0.3 is 19.3 Å². The summed E-state index contributed by atoms with van der Waals surface area (Å²) < 4.78 is 16.9. The van der Waals surface area contributed by atoms with Gasteiger partial charge in [-0.25, -0.2) is 24.4 Å². The standard InChI is InChI=1S/C32H39Cl2N5O7/c1-30(2,3)44-27(41)38(17-21-22(33)11-10-12-23(21)34)26-25(36-16-24(37-26)19-13-14-20(18-40)35-15-19)39(28(42)45-31(4,5)6)29(43)46-32(7,8)9/h10-16,40H,17-18H2,1-9H3. The monoisotopic (exact) mass is 675 g/mol. The third-order valence-electron chi connectivity index (χ3n) is 5.63. The molecule has 248 valence electrons. The van der Waals surface area contributed by atoms with Gasteiger partial charge in [-0.2, -0.15) is 4.90 Å². The largest absolute Gasteiger partial charge is 0.443 e. The van der Waals surface area contributed by atoms with Gasteiger partial charge in [0, 0.05) is 27.4 Å². The summed E-state index contributed by atoms with van der Waals surface area (Å²) in [5, 5.41) is 9.94. The van der Waals surface area contributed by atoms with E-state index in [1.807, 2.05) is 0 Å². The summed E-state index contributed by atoms with van der Waals surface area (Å²) in [7, 11) is 0. The van der Waals surface area contributed by atoms with Crippen LogP contribution in [0.15, 0.2) is 42.7 Å². The molecule has 0 saturated heterocycles. The van der Waals surface area contributed by atoms with Gasteiger partial charge >= 0.3 is 18.3 Å². The van der Waals surface area contributed by atoms with E-state index >= 15 is 0 Å². The Labute approximate surface area is 278 Å². The van der Waals surface area contributed by atoms with Crippen molar-refractivity contribution in [2.75, 3.05) is 9.80 Å². The molecule has 14 heteroatoms. The van der Waals surface area contributed by atoms with Gasteiger partial charge in [0.1, 0.15) is 16.8 Å². The van der Waals surface area contributed by atoms with Crippen LogP contribution in [0.4, 0.5) is 26.0 Å². The highest BCUT2D eigenvalue weighted by Gasteiger charge is 2.39. The summed E-state index contributed by atoms with van der Waals surface area (Å²) in [6, 6.07) is 8.08. The van der Waals surface area contributed by atoms with Gasteiger partial charge in [0.05, 0.1) is 30.7 Å². The Morgan fingerprint density at radius 2 is 1.26 bits per heavy atom. The Bertz CT molecular complexity index is 1530. The second-order valence-corrected chi connectivity index (χ2v) is 14.0. The quantitative estimate of drug-likeness (QED) is 0.255. The first-order valence-corrected chi connectivity index (χ1v) is 15.1. The van der Waals surface area contributed by atoms with E-state index in [9.17, 15) is 19.5 Å². The number of rotatable bonds is 6. The van der Waals surface area contributed by atoms with Gasteiger partial charge in [-0.05, 0) is 86.6 Å². The molecule has 0 aliphatic rings. The Kier molecular flexibility index (Phi) is 11.2. The number of nitrogens with zero attached hydrogens (tertiary/aromatic N) is 5. The van der Waals surface area contributed by atoms with Crippen molar-refractivity contribution in [1.29, 1.82) is 0 Å². The summed E-state index contributed by atoms with van der Waals surface area (Å²) in [6.07, 6.45) is -0.399. The van der Waals surface area contributed by atoms with E-state index in [2.05, 4.69) is 9.97 Å². The number of halogens is 2. The summed E-state index contributed by atoms with van der Waals surface area (Å²) >= 11 is 13.0. The number of aromatic nitrogens is 3. The second kappa shape index (κ2) is 14.2. The predicted molar refractivity (Wildman–Crippen MR) is 175 cm³/mol. The summed E-state index contributed by atoms with van der Waals surface area (Å²) in [5.74, 6) is -0.660. The molecule has 1 aromatic carbocycles. The molecule has 2 heterocycles. The van der Waals surface area contributed by atoms with Gasteiger partial charge in [0.25, 0.3) is 0 Å². The first-order valence-electron chi connectivity index (χ1n) is 14.3. The highest BCUT2D eigenvalue weighted by Crippen LogP contribution is 2.35. The summed E-state index contributed by atoms with van der Waals surface area (Å²) in [4.78, 5) is 56.3. The van der Waals surface area contributed by atoms with Crippen LogP contribution in [-0.2, 0) is 27.4 Å². The van der Waals surface area contributed by atoms with Crippen LogP contribution in [0.25, 0.3) is 11.3 Å². The molecule has 12 nitrogen and oxygen atoms in total. The maximum atomic E-state index is 13.9. The van der Waals surface area contributed by atoms with E-state index in [0.717, 1.165) is 4.90 Å². The van der Waals surface area contributed by atoms with Crippen molar-refractivity contribution in [2.45, 2.75) is 92.3 Å². The lowest BCUT2D eigenvalue weighted by molar-refractivity contribution is 0.0425. The van der Waals surface area contributed by atoms with E-state index in [1.54, 1.807) is 92.6 Å². The average molecular weight is 677 g/mol. The molecule has 0 unspecified atom stereocenters. The number of aliphatic hydroxyl groups excluding tert-OH is 1. The number of anilines is 2. The topological polar surface area (TPSA) is 144 Å². The Morgan fingerprint density at radius 3 is 1.72 bits per heavy atom. The SMILES string of the molecule is CC(C)(C)OC(=O)N(Cc1c(Cl)cccc1Cl)c1nc(-c2ccc(CO)nc2)cnc1N(C(=O)OC(C)(C)C)C(=O)OC(C)(C)C. The fourth-order valence-corrected chi connectivity index (χ4v) is 4.28. The normalized spacial score (nSPS) is 11.9. The van der Waals surface area contributed by atoms with Crippen molar-refractivity contribution >= 4 is 53.1 Å². The number of carbonyl (C=O) groups is 3. The molecule has 0 fully saturated rings. The number of carbonyl (C=O) groups excluding carboxylic acids is 3. The molecule has 0 aliphatic heterocycles. The average Bonchev–Trinajstić information content (AvgIpc) is 2.90. The molecule has 3 rings (SSSR count). The van der Waals surface area contributed by atoms with E-state index in [4.69, 9.17) is 42.4 Å². The van der Waals surface area contributed by atoms with Crippen LogP contribution in [0.2, 0.25) is 10.0 Å². The first-order chi connectivity index (χ1) is 21.2. The van der Waals surface area contributed by atoms with Crippen molar-refractivity contribution < 1.29 is 33.7 Å². The zero-order chi connectivity index (χ0) is 34.6. The summed E-state index contributed by atoms with van der Waals surface area (Å²) in [5.41, 5.74) is -1.60. The molecule has 2 aromatic heterocycles. The van der Waals surface area contributed by atoms with Crippen molar-refractivity contribution in [1.82, 2.24) is 15.0 Å². The highest BCUT2D eigenvalue weighted by molar-refractivity contribution is 6.36. The fraction of sp³-hybridized carbons (Fsp3) is 0.438. The number of benzene rings is 1. The van der Waals surface area contributed by atoms with Crippen LogP contribution in [0.5, 0.6) is 0 Å². The fourth-order valence-electron chi connectivity index (χ4n) is 3.77. The molecule has 0 aliphatic carbocycles. The van der Waals surface area contributed by atoms with E-state index in [-0.39, 0.29) is 40.5 Å². The highest BCUT2D eigenvalue weighted by atomic mass is 35.5. The van der Waals surface area contributed by atoms with Crippen molar-refractivity contribution in [3.63, 3.8) is 0 Å². The number of pyridine rings is 1. The lowest BCUT2D eigenvalue weighted by Gasteiger charge is -2.32. The van der Waals surface area contributed by atoms with Crippen LogP contribution in [0.1, 0.15) is 73.6 Å². The molecule has 3 amide bonds. The third-order valence-corrected chi connectivity index (χ3v) is 6.34. The molecule has 0 bridgehead atoms. The molecular formula is C32H39Cl2N5O7. The Morgan fingerprint density at radius 1 is 0.739 bits per heavy atom. The lowest BCUT2D eigenvalue weighted by Crippen LogP contribution is -2.46. The maximum absolute atomic E-state index is 13.9. The van der Waals surface area contributed by atoms with Gasteiger partial charge in [0.15, 0.2) is 11.6 Å². The predicted octanol–water partition coefficient (Wildman–Crippen LogP) is 7.96. The van der Waals surface area contributed by atoms with Gasteiger partial charge in [-0.3, -0.25) is 9.88 Å². The molecule has 1 N–H and O–H groups in total. The van der Waals surface area contributed by atoms with Gasteiger partial charge in [0.2, 0.25) is 0 Å². The first kappa shape index (κ1) is 36.5. The number of ether oxygens (including phenoxy) is 3. The Hall–Kier alpha value is -4.00. The van der Waals surface area contributed by atoms with E-state index in [0.29, 0.717) is 21.7 Å². The molecule has 46 heavy (non-hydrogen) atoms. The van der Waals surface area contributed by atoms with Crippen molar-refractivity contribution in [3.8, 4) is 11.3 Å². The zero-order valence-corrected chi connectivity index (χ0v) is 28.9. The molecule has 0 atom stereocenters. The molecule has 0 saturated carbocycles. The van der Waals surface area contributed by atoms with Crippen LogP contribution >= 0.6 is 23.2 Å². The van der Waals surface area contributed by atoms with E-state index in [1.165, 1.54) is 12.4 Å². The number of imide groups is 1. The second-order valence-electron chi connectivity index (χ2n) is 13.2.